The molecular formula is C28H34N2O8. The average molecular weight is 527 g/mol. The summed E-state index contributed by atoms with van der Waals surface area (Å²) in [6, 6.07) is 12.4. The van der Waals surface area contributed by atoms with Crippen LogP contribution in [0.5, 0.6) is 0 Å². The zero-order valence-corrected chi connectivity index (χ0v) is 21.9. The van der Waals surface area contributed by atoms with Gasteiger partial charge in [-0.2, -0.15) is 0 Å². The van der Waals surface area contributed by atoms with Gasteiger partial charge in [-0.05, 0) is 54.8 Å². The number of ether oxygens (including phenoxy) is 3. The summed E-state index contributed by atoms with van der Waals surface area (Å²) in [6.07, 6.45) is 1.30. The number of hydrogen-bond acceptors (Lipinski definition) is 8. The first-order valence-electron chi connectivity index (χ1n) is 12.5. The van der Waals surface area contributed by atoms with Crippen molar-refractivity contribution in [3.8, 4) is 0 Å². The maximum atomic E-state index is 12.2. The number of hydrogen-bond donors (Lipinski definition) is 2. The maximum Gasteiger partial charge on any atom is 0.338 e. The Bertz CT molecular complexity index is 1110. The number of carbonyl (C=O) groups excluding carboxylic acids is 5. The molecule has 2 aromatic rings. The molecule has 0 aliphatic heterocycles. The van der Waals surface area contributed by atoms with Crippen LogP contribution in [0, 0.1) is 5.92 Å². The van der Waals surface area contributed by atoms with Crippen LogP contribution < -0.4 is 10.6 Å². The molecule has 0 aliphatic rings. The Kier molecular flexibility index (Phi) is 12.5. The lowest BCUT2D eigenvalue weighted by Crippen LogP contribution is -2.22. The van der Waals surface area contributed by atoms with Crippen molar-refractivity contribution in [3.63, 3.8) is 0 Å². The highest BCUT2D eigenvalue weighted by molar-refractivity contribution is 5.96. The molecule has 2 amide bonds. The van der Waals surface area contributed by atoms with Gasteiger partial charge in [0, 0.05) is 17.8 Å². The van der Waals surface area contributed by atoms with Crippen LogP contribution in [0.1, 0.15) is 67.2 Å². The van der Waals surface area contributed by atoms with E-state index >= 15 is 0 Å². The van der Waals surface area contributed by atoms with Crippen LogP contribution in [-0.4, -0.2) is 49.5 Å². The van der Waals surface area contributed by atoms with Crippen molar-refractivity contribution in [2.75, 3.05) is 30.5 Å². The zero-order chi connectivity index (χ0) is 27.9. The van der Waals surface area contributed by atoms with Crippen LogP contribution >= 0.6 is 0 Å². The molecule has 0 bridgehead atoms. The topological polar surface area (TPSA) is 137 Å². The van der Waals surface area contributed by atoms with Crippen LogP contribution in [0.25, 0.3) is 0 Å². The van der Waals surface area contributed by atoms with Crippen LogP contribution in [0.15, 0.2) is 48.5 Å². The van der Waals surface area contributed by atoms with E-state index in [1.165, 1.54) is 18.2 Å². The largest absolute Gasteiger partial charge is 0.462 e. The molecule has 204 valence electrons. The number of rotatable bonds is 14. The minimum absolute atomic E-state index is 0.168. The van der Waals surface area contributed by atoms with E-state index in [4.69, 9.17) is 14.2 Å². The number of esters is 3. The summed E-state index contributed by atoms with van der Waals surface area (Å²) in [7, 11) is 0. The second-order valence-electron chi connectivity index (χ2n) is 8.90. The van der Waals surface area contributed by atoms with Crippen molar-refractivity contribution in [2.24, 2.45) is 5.92 Å². The maximum absolute atomic E-state index is 12.2. The highest BCUT2D eigenvalue weighted by Gasteiger charge is 2.13. The fourth-order valence-corrected chi connectivity index (χ4v) is 2.99. The van der Waals surface area contributed by atoms with Gasteiger partial charge in [0.15, 0.2) is 6.61 Å². The van der Waals surface area contributed by atoms with Gasteiger partial charge in [0.25, 0.3) is 5.91 Å². The van der Waals surface area contributed by atoms with Crippen LogP contribution in [-0.2, 0) is 28.6 Å². The Balaban J connectivity index is 1.71. The van der Waals surface area contributed by atoms with E-state index in [1.54, 1.807) is 30.3 Å². The van der Waals surface area contributed by atoms with Crippen molar-refractivity contribution >= 4 is 41.1 Å². The highest BCUT2D eigenvalue weighted by Crippen LogP contribution is 2.14. The second kappa shape index (κ2) is 15.8. The van der Waals surface area contributed by atoms with Crippen molar-refractivity contribution < 1.29 is 38.2 Å². The smallest absolute Gasteiger partial charge is 0.338 e. The predicted molar refractivity (Wildman–Crippen MR) is 141 cm³/mol. The van der Waals surface area contributed by atoms with Crippen molar-refractivity contribution in [2.45, 2.75) is 46.5 Å². The van der Waals surface area contributed by atoms with Crippen LogP contribution in [0.3, 0.4) is 0 Å². The molecule has 2 N–H and O–H groups in total. The van der Waals surface area contributed by atoms with Crippen molar-refractivity contribution in [1.82, 2.24) is 0 Å². The number of benzene rings is 2. The number of amides is 2. The van der Waals surface area contributed by atoms with E-state index in [0.29, 0.717) is 29.1 Å². The fraction of sp³-hybridized carbons (Fsp3) is 0.393. The molecule has 10 heteroatoms. The van der Waals surface area contributed by atoms with Gasteiger partial charge in [-0.15, -0.1) is 0 Å². The summed E-state index contributed by atoms with van der Waals surface area (Å²) in [4.78, 5) is 60.2. The molecular weight excluding hydrogens is 492 g/mol. The minimum atomic E-state index is -0.716. The fourth-order valence-electron chi connectivity index (χ4n) is 2.99. The van der Waals surface area contributed by atoms with Gasteiger partial charge >= 0.3 is 17.9 Å². The molecule has 10 nitrogen and oxygen atoms in total. The van der Waals surface area contributed by atoms with Gasteiger partial charge < -0.3 is 24.8 Å². The third-order valence-electron chi connectivity index (χ3n) is 4.99. The van der Waals surface area contributed by atoms with Gasteiger partial charge in [0.1, 0.15) is 0 Å². The molecule has 0 fully saturated rings. The molecule has 0 radical (unpaired) electrons. The molecule has 0 aromatic heterocycles. The van der Waals surface area contributed by atoms with Gasteiger partial charge in [-0.25, -0.2) is 9.59 Å². The lowest BCUT2D eigenvalue weighted by molar-refractivity contribution is -0.147. The summed E-state index contributed by atoms with van der Waals surface area (Å²) < 4.78 is 15.2. The number of carbonyl (C=O) groups is 5. The first-order chi connectivity index (χ1) is 18.2. The molecule has 0 spiro atoms. The molecule has 38 heavy (non-hydrogen) atoms. The van der Waals surface area contributed by atoms with E-state index < -0.39 is 36.3 Å². The summed E-state index contributed by atoms with van der Waals surface area (Å²) >= 11 is 0. The standard InChI is InChI=1S/C28H34N2O8/c1-4-5-15-36-27(34)20-9-11-22(12-10-20)29-25(32)18-37-26(33)14-13-24(31)30-23-8-6-7-21(16-23)28(35)38-17-19(2)3/h6-12,16,19H,4-5,13-15,17-18H2,1-3H3,(H,29,32)(H,30,31). The summed E-state index contributed by atoms with van der Waals surface area (Å²) in [6.45, 7) is 5.96. The Morgan fingerprint density at radius 3 is 2.13 bits per heavy atom. The SMILES string of the molecule is CCCCOC(=O)c1ccc(NC(=O)COC(=O)CCC(=O)Nc2cccc(C(=O)OCC(C)C)c2)cc1. The number of unbranched alkanes of at least 4 members (excludes halogenated alkanes) is 1. The van der Waals surface area contributed by atoms with Gasteiger partial charge in [-0.3, -0.25) is 14.4 Å². The quantitative estimate of drug-likeness (QED) is 0.210. The van der Waals surface area contributed by atoms with E-state index in [1.807, 2.05) is 20.8 Å². The summed E-state index contributed by atoms with van der Waals surface area (Å²) in [5.41, 5.74) is 1.48. The van der Waals surface area contributed by atoms with E-state index in [0.717, 1.165) is 12.8 Å². The van der Waals surface area contributed by atoms with Crippen molar-refractivity contribution in [3.05, 3.63) is 59.7 Å². The Hall–Kier alpha value is -4.21. The normalized spacial score (nSPS) is 10.4. The zero-order valence-electron chi connectivity index (χ0n) is 21.9. The highest BCUT2D eigenvalue weighted by atomic mass is 16.5. The summed E-state index contributed by atoms with van der Waals surface area (Å²) in [5.74, 6) is -2.46. The molecule has 0 unspecified atom stereocenters. The van der Waals surface area contributed by atoms with E-state index in [2.05, 4.69) is 10.6 Å². The van der Waals surface area contributed by atoms with Crippen LogP contribution in [0.2, 0.25) is 0 Å². The predicted octanol–water partition coefficient (Wildman–Crippen LogP) is 4.36. The molecule has 2 rings (SSSR count). The summed E-state index contributed by atoms with van der Waals surface area (Å²) in [5, 5.41) is 5.17. The first-order valence-corrected chi connectivity index (χ1v) is 12.5. The van der Waals surface area contributed by atoms with Gasteiger partial charge in [-0.1, -0.05) is 33.3 Å². The monoisotopic (exact) mass is 526 g/mol. The lowest BCUT2D eigenvalue weighted by Gasteiger charge is -2.09. The molecule has 2 aromatic carbocycles. The van der Waals surface area contributed by atoms with E-state index in [9.17, 15) is 24.0 Å². The molecule has 0 atom stereocenters. The lowest BCUT2D eigenvalue weighted by atomic mass is 10.2. The number of anilines is 2. The number of nitrogens with one attached hydrogen (secondary N) is 2. The minimum Gasteiger partial charge on any atom is -0.462 e. The first kappa shape index (κ1) is 30.0. The van der Waals surface area contributed by atoms with Crippen molar-refractivity contribution in [1.29, 1.82) is 0 Å². The average Bonchev–Trinajstić information content (AvgIpc) is 2.90. The Morgan fingerprint density at radius 2 is 1.45 bits per heavy atom. The van der Waals surface area contributed by atoms with Gasteiger partial charge in [0.05, 0.1) is 30.8 Å². The Labute approximate surface area is 222 Å². The molecule has 0 saturated heterocycles. The third kappa shape index (κ3) is 11.2. The Morgan fingerprint density at radius 1 is 0.763 bits per heavy atom. The third-order valence-corrected chi connectivity index (χ3v) is 4.99. The molecule has 0 heterocycles. The van der Waals surface area contributed by atoms with Crippen LogP contribution in [0.4, 0.5) is 11.4 Å². The molecule has 0 saturated carbocycles. The molecule has 0 aliphatic carbocycles. The second-order valence-corrected chi connectivity index (χ2v) is 8.90. The van der Waals surface area contributed by atoms with E-state index in [-0.39, 0.29) is 25.4 Å². The van der Waals surface area contributed by atoms with Gasteiger partial charge in [0.2, 0.25) is 5.91 Å².